The molecule has 1 aromatic carbocycles. The Labute approximate surface area is 85.9 Å². The minimum absolute atomic E-state index is 0.532. The first-order valence-corrected chi connectivity index (χ1v) is 4.32. The smallest absolute Gasteiger partial charge is 0.334 e. The molecule has 76 valence electrons. The van der Waals surface area contributed by atoms with Crippen molar-refractivity contribution in [2.75, 3.05) is 0 Å². The van der Waals surface area contributed by atoms with Gasteiger partial charge in [0.05, 0.1) is 6.04 Å². The van der Waals surface area contributed by atoms with E-state index < -0.39 is 18.1 Å². The molecule has 2 unspecified atom stereocenters. The van der Waals surface area contributed by atoms with E-state index in [0.717, 1.165) is 0 Å². The van der Waals surface area contributed by atoms with Crippen LogP contribution in [0.1, 0.15) is 11.6 Å². The van der Waals surface area contributed by atoms with Crippen LogP contribution in [-0.2, 0) is 4.79 Å². The molecule has 0 fully saturated rings. The van der Waals surface area contributed by atoms with Crippen molar-refractivity contribution in [1.29, 1.82) is 0 Å². The Balaban J connectivity index is 2.84. The van der Waals surface area contributed by atoms with Crippen LogP contribution in [0.15, 0.2) is 24.3 Å². The fourth-order valence-electron chi connectivity index (χ4n) is 1.02. The van der Waals surface area contributed by atoms with E-state index in [4.69, 9.17) is 27.5 Å². The lowest BCUT2D eigenvalue weighted by atomic mass is 10.0. The van der Waals surface area contributed by atoms with Crippen LogP contribution in [-0.4, -0.2) is 22.3 Å². The molecule has 1 rings (SSSR count). The molecule has 0 saturated heterocycles. The molecule has 1 aromatic rings. The largest absolute Gasteiger partial charge is 0.479 e. The minimum atomic E-state index is -1.60. The van der Waals surface area contributed by atoms with Crippen LogP contribution < -0.4 is 5.73 Å². The number of aliphatic hydroxyl groups is 1. The van der Waals surface area contributed by atoms with Crippen LogP contribution in [0.4, 0.5) is 0 Å². The molecule has 0 spiro atoms. The maximum absolute atomic E-state index is 10.4. The summed E-state index contributed by atoms with van der Waals surface area (Å²) in [5, 5.41) is 18.2. The molecule has 0 heterocycles. The molecule has 14 heavy (non-hydrogen) atoms. The number of rotatable bonds is 3. The zero-order chi connectivity index (χ0) is 10.7. The molecular weight excluding hydrogens is 206 g/mol. The van der Waals surface area contributed by atoms with Gasteiger partial charge >= 0.3 is 5.97 Å². The van der Waals surface area contributed by atoms with Crippen LogP contribution in [0.3, 0.4) is 0 Å². The van der Waals surface area contributed by atoms with Gasteiger partial charge in [0.15, 0.2) is 6.10 Å². The minimum Gasteiger partial charge on any atom is -0.479 e. The Morgan fingerprint density at radius 1 is 1.36 bits per heavy atom. The van der Waals surface area contributed by atoms with Gasteiger partial charge in [0.1, 0.15) is 0 Å². The molecule has 4 nitrogen and oxygen atoms in total. The first-order valence-electron chi connectivity index (χ1n) is 3.94. The summed E-state index contributed by atoms with van der Waals surface area (Å²) in [6.07, 6.45) is -1.60. The van der Waals surface area contributed by atoms with E-state index in [0.29, 0.717) is 10.6 Å². The molecule has 0 aliphatic rings. The van der Waals surface area contributed by atoms with Crippen molar-refractivity contribution in [2.45, 2.75) is 12.1 Å². The normalized spacial score (nSPS) is 14.8. The fourth-order valence-corrected chi connectivity index (χ4v) is 1.15. The van der Waals surface area contributed by atoms with Crippen molar-refractivity contribution < 1.29 is 15.0 Å². The first-order chi connectivity index (χ1) is 6.52. The topological polar surface area (TPSA) is 83.5 Å². The number of benzene rings is 1. The number of aliphatic hydroxyl groups excluding tert-OH is 1. The molecule has 0 saturated carbocycles. The van der Waals surface area contributed by atoms with Crippen LogP contribution >= 0.6 is 11.6 Å². The molecule has 0 bridgehead atoms. The van der Waals surface area contributed by atoms with E-state index >= 15 is 0 Å². The zero-order valence-corrected chi connectivity index (χ0v) is 7.98. The summed E-state index contributed by atoms with van der Waals surface area (Å²) < 4.78 is 0. The van der Waals surface area contributed by atoms with E-state index in [1.807, 2.05) is 0 Å². The maximum Gasteiger partial charge on any atom is 0.334 e. The van der Waals surface area contributed by atoms with Crippen LogP contribution in [0.2, 0.25) is 5.02 Å². The van der Waals surface area contributed by atoms with Crippen molar-refractivity contribution in [1.82, 2.24) is 0 Å². The highest BCUT2D eigenvalue weighted by atomic mass is 35.5. The number of halogens is 1. The number of carboxylic acids is 1. The third kappa shape index (κ3) is 2.45. The Morgan fingerprint density at radius 3 is 2.29 bits per heavy atom. The van der Waals surface area contributed by atoms with Crippen LogP contribution in [0.25, 0.3) is 0 Å². The number of nitrogens with two attached hydrogens (primary N) is 1. The van der Waals surface area contributed by atoms with E-state index in [1.165, 1.54) is 0 Å². The first kappa shape index (κ1) is 11.0. The van der Waals surface area contributed by atoms with Crippen molar-refractivity contribution in [3.05, 3.63) is 34.9 Å². The number of hydrogen-bond acceptors (Lipinski definition) is 3. The predicted molar refractivity (Wildman–Crippen MR) is 52.0 cm³/mol. The van der Waals surface area contributed by atoms with Gasteiger partial charge in [-0.3, -0.25) is 0 Å². The molecule has 4 N–H and O–H groups in total. The Hall–Kier alpha value is -1.10. The zero-order valence-electron chi connectivity index (χ0n) is 7.22. The van der Waals surface area contributed by atoms with Crippen molar-refractivity contribution >= 4 is 17.6 Å². The molecule has 0 aromatic heterocycles. The summed E-state index contributed by atoms with van der Waals surface area (Å²) >= 11 is 5.64. The van der Waals surface area contributed by atoms with Gasteiger partial charge in [-0.25, -0.2) is 4.79 Å². The summed E-state index contributed by atoms with van der Waals surface area (Å²) in [7, 11) is 0. The Kier molecular flexibility index (Phi) is 3.46. The fraction of sp³-hybridized carbons (Fsp3) is 0.222. The maximum atomic E-state index is 10.4. The molecule has 0 aliphatic heterocycles. The summed E-state index contributed by atoms with van der Waals surface area (Å²) in [4.78, 5) is 10.4. The predicted octanol–water partition coefficient (Wildman–Crippen LogP) is 0.785. The van der Waals surface area contributed by atoms with E-state index in [2.05, 4.69) is 0 Å². The number of aliphatic carboxylic acids is 1. The monoisotopic (exact) mass is 215 g/mol. The molecule has 2 atom stereocenters. The van der Waals surface area contributed by atoms with Crippen molar-refractivity contribution in [3.8, 4) is 0 Å². The third-order valence-corrected chi connectivity index (χ3v) is 2.10. The molecule has 0 amide bonds. The summed E-state index contributed by atoms with van der Waals surface area (Å²) in [5.74, 6) is -1.34. The van der Waals surface area contributed by atoms with Crippen molar-refractivity contribution in [3.63, 3.8) is 0 Å². The van der Waals surface area contributed by atoms with Crippen LogP contribution in [0.5, 0.6) is 0 Å². The van der Waals surface area contributed by atoms with Gasteiger partial charge < -0.3 is 15.9 Å². The lowest BCUT2D eigenvalue weighted by molar-refractivity contribution is -0.147. The molecular formula is C9H10ClNO3. The third-order valence-electron chi connectivity index (χ3n) is 1.85. The second kappa shape index (κ2) is 4.41. The van der Waals surface area contributed by atoms with Gasteiger partial charge in [0, 0.05) is 5.02 Å². The Bertz CT molecular complexity index is 325. The number of carbonyl (C=O) groups is 1. The second-order valence-corrected chi connectivity index (χ2v) is 3.30. The highest BCUT2D eigenvalue weighted by molar-refractivity contribution is 6.30. The lowest BCUT2D eigenvalue weighted by Crippen LogP contribution is -2.33. The highest BCUT2D eigenvalue weighted by Crippen LogP contribution is 2.17. The van der Waals surface area contributed by atoms with Gasteiger partial charge in [0.25, 0.3) is 0 Å². The standard InChI is InChI=1S/C9H10ClNO3/c10-6-3-1-5(2-4-6)7(11)8(12)9(13)14/h1-4,7-8,12H,11H2,(H,13,14). The van der Waals surface area contributed by atoms with Crippen molar-refractivity contribution in [2.24, 2.45) is 5.73 Å². The SMILES string of the molecule is NC(c1ccc(Cl)cc1)C(O)C(=O)O. The molecule has 0 radical (unpaired) electrons. The van der Waals surface area contributed by atoms with E-state index in [-0.39, 0.29) is 0 Å². The van der Waals surface area contributed by atoms with Crippen LogP contribution in [0, 0.1) is 0 Å². The molecule has 0 aliphatic carbocycles. The van der Waals surface area contributed by atoms with E-state index in [1.54, 1.807) is 24.3 Å². The van der Waals surface area contributed by atoms with Gasteiger partial charge in [-0.15, -0.1) is 0 Å². The number of hydrogen-bond donors (Lipinski definition) is 3. The lowest BCUT2D eigenvalue weighted by Gasteiger charge is -2.15. The number of carboxylic acid groups (broad SMARTS) is 1. The van der Waals surface area contributed by atoms with Gasteiger partial charge in [0.2, 0.25) is 0 Å². The van der Waals surface area contributed by atoms with Gasteiger partial charge in [-0.05, 0) is 17.7 Å². The average Bonchev–Trinajstić information content (AvgIpc) is 2.16. The summed E-state index contributed by atoms with van der Waals surface area (Å²) in [5.41, 5.74) is 6.05. The summed E-state index contributed by atoms with van der Waals surface area (Å²) in [6, 6.07) is 5.40. The average molecular weight is 216 g/mol. The quantitative estimate of drug-likeness (QED) is 0.696. The highest BCUT2D eigenvalue weighted by Gasteiger charge is 2.23. The molecule has 5 heteroatoms. The van der Waals surface area contributed by atoms with Gasteiger partial charge in [-0.1, -0.05) is 23.7 Å². The Morgan fingerprint density at radius 2 is 1.86 bits per heavy atom. The van der Waals surface area contributed by atoms with E-state index in [9.17, 15) is 4.79 Å². The second-order valence-electron chi connectivity index (χ2n) is 2.86. The summed E-state index contributed by atoms with van der Waals surface area (Å²) in [6.45, 7) is 0. The van der Waals surface area contributed by atoms with Gasteiger partial charge in [-0.2, -0.15) is 0 Å².